The summed E-state index contributed by atoms with van der Waals surface area (Å²) in [7, 11) is 0. The zero-order valence-electron chi connectivity index (χ0n) is 31.3. The van der Waals surface area contributed by atoms with Crippen molar-refractivity contribution >= 4 is 60.7 Å². The van der Waals surface area contributed by atoms with Crippen molar-refractivity contribution in [2.24, 2.45) is 0 Å². The number of anilines is 3. The molecule has 12 rings (SSSR count). The number of aromatic nitrogens is 4. The molecular formula is C53H33N5. The molecule has 58 heavy (non-hydrogen) atoms. The maximum atomic E-state index is 5.53. The van der Waals surface area contributed by atoms with Crippen molar-refractivity contribution in [1.29, 1.82) is 0 Å². The molecule has 0 saturated carbocycles. The number of fused-ring (bicyclic) bond motifs is 7. The Morgan fingerprint density at radius 2 is 1.00 bits per heavy atom. The van der Waals surface area contributed by atoms with Gasteiger partial charge < -0.3 is 4.57 Å². The quantitative estimate of drug-likeness (QED) is 0.176. The summed E-state index contributed by atoms with van der Waals surface area (Å²) >= 11 is 0. The van der Waals surface area contributed by atoms with Gasteiger partial charge in [0, 0.05) is 43.9 Å². The molecule has 0 spiro atoms. The van der Waals surface area contributed by atoms with Crippen LogP contribution < -0.4 is 4.90 Å². The standard InChI is InChI=1S/C53H33N5/c1-3-15-34(16-4-1)37-20-11-21-38(33-37)51-54-52(44-27-14-30-47-49(44)43-25-9-10-28-45(43)57(47)39-22-5-2-6-23-39)56-53(55-51)58-46-29-13-19-36-18-12-26-41(48(36)46)42-32-31-35-17-7-8-24-40(35)50(42)58/h1-33H. The first kappa shape index (κ1) is 32.4. The molecule has 0 amide bonds. The molecule has 0 atom stereocenters. The largest absolute Gasteiger partial charge is 0.309 e. The molecule has 0 saturated heterocycles. The highest BCUT2D eigenvalue weighted by atomic mass is 15.3. The Labute approximate surface area is 334 Å². The second-order valence-corrected chi connectivity index (χ2v) is 14.8. The third-order valence-corrected chi connectivity index (χ3v) is 11.5. The van der Waals surface area contributed by atoms with E-state index in [1.165, 1.54) is 16.3 Å². The Morgan fingerprint density at radius 3 is 1.88 bits per heavy atom. The molecule has 9 aromatic carbocycles. The number of hydrogen-bond donors (Lipinski definition) is 0. The molecule has 2 aromatic heterocycles. The van der Waals surface area contributed by atoms with Crippen LogP contribution in [0.15, 0.2) is 200 Å². The van der Waals surface area contributed by atoms with E-state index in [0.717, 1.165) is 77.5 Å². The Bertz CT molecular complexity index is 3400. The monoisotopic (exact) mass is 739 g/mol. The van der Waals surface area contributed by atoms with E-state index >= 15 is 0 Å². The SMILES string of the molecule is c1ccc(-c2cccc(-c3nc(-c4cccc5c4c4ccccc4n5-c4ccccc4)nc(N4c5c(ccc6ccccc56)-c5cccc6cccc4c56)n3)c2)cc1. The lowest BCUT2D eigenvalue weighted by atomic mass is 9.89. The smallest absolute Gasteiger partial charge is 0.238 e. The van der Waals surface area contributed by atoms with E-state index in [-0.39, 0.29) is 0 Å². The van der Waals surface area contributed by atoms with Crippen molar-refractivity contribution < 1.29 is 0 Å². The van der Waals surface area contributed by atoms with Crippen LogP contribution in [0.5, 0.6) is 0 Å². The highest BCUT2D eigenvalue weighted by Gasteiger charge is 2.31. The summed E-state index contributed by atoms with van der Waals surface area (Å²) in [4.78, 5) is 18.6. The molecule has 5 nitrogen and oxygen atoms in total. The van der Waals surface area contributed by atoms with Crippen LogP contribution in [0.2, 0.25) is 0 Å². The van der Waals surface area contributed by atoms with E-state index < -0.39 is 0 Å². The molecule has 0 fully saturated rings. The summed E-state index contributed by atoms with van der Waals surface area (Å²) in [5, 5.41) is 6.87. The molecule has 0 bridgehead atoms. The molecule has 1 aliphatic rings. The average molecular weight is 740 g/mol. The summed E-state index contributed by atoms with van der Waals surface area (Å²) in [6.45, 7) is 0. The highest BCUT2D eigenvalue weighted by Crippen LogP contribution is 2.53. The van der Waals surface area contributed by atoms with Gasteiger partial charge in [-0.3, -0.25) is 4.90 Å². The molecule has 0 N–H and O–H groups in total. The van der Waals surface area contributed by atoms with Crippen LogP contribution in [0.4, 0.5) is 17.3 Å². The number of benzene rings is 9. The van der Waals surface area contributed by atoms with Gasteiger partial charge in [0.15, 0.2) is 11.6 Å². The third-order valence-electron chi connectivity index (χ3n) is 11.5. The number of para-hydroxylation sites is 2. The van der Waals surface area contributed by atoms with Crippen molar-refractivity contribution in [2.45, 2.75) is 0 Å². The Morgan fingerprint density at radius 1 is 0.362 bits per heavy atom. The Balaban J connectivity index is 1.18. The van der Waals surface area contributed by atoms with E-state index in [2.05, 4.69) is 204 Å². The van der Waals surface area contributed by atoms with Gasteiger partial charge in [-0.05, 0) is 63.9 Å². The first-order chi connectivity index (χ1) is 28.8. The predicted molar refractivity (Wildman–Crippen MR) is 239 cm³/mol. The van der Waals surface area contributed by atoms with Crippen LogP contribution in [-0.2, 0) is 0 Å². The molecule has 3 heterocycles. The van der Waals surface area contributed by atoms with Gasteiger partial charge in [0.2, 0.25) is 5.95 Å². The van der Waals surface area contributed by atoms with Gasteiger partial charge in [0.25, 0.3) is 0 Å². The second kappa shape index (κ2) is 12.8. The minimum absolute atomic E-state index is 0.563. The van der Waals surface area contributed by atoms with E-state index in [1.807, 2.05) is 6.07 Å². The van der Waals surface area contributed by atoms with Gasteiger partial charge in [-0.15, -0.1) is 0 Å². The number of rotatable bonds is 5. The average Bonchev–Trinajstić information content (AvgIpc) is 3.64. The van der Waals surface area contributed by atoms with E-state index in [1.54, 1.807) is 0 Å². The molecule has 0 aliphatic carbocycles. The fourth-order valence-electron chi connectivity index (χ4n) is 9.02. The van der Waals surface area contributed by atoms with Gasteiger partial charge in [0.1, 0.15) is 0 Å². The number of nitrogens with zero attached hydrogens (tertiary/aromatic N) is 5. The van der Waals surface area contributed by atoms with Gasteiger partial charge in [-0.1, -0.05) is 164 Å². The minimum Gasteiger partial charge on any atom is -0.309 e. The first-order valence-electron chi connectivity index (χ1n) is 19.6. The maximum absolute atomic E-state index is 5.53. The summed E-state index contributed by atoms with van der Waals surface area (Å²) in [6, 6.07) is 70.8. The maximum Gasteiger partial charge on any atom is 0.238 e. The molecule has 1 aliphatic heterocycles. The van der Waals surface area contributed by atoms with E-state index in [9.17, 15) is 0 Å². The predicted octanol–water partition coefficient (Wildman–Crippen LogP) is 13.7. The van der Waals surface area contributed by atoms with Crippen molar-refractivity contribution in [1.82, 2.24) is 19.5 Å². The lowest BCUT2D eigenvalue weighted by molar-refractivity contribution is 1.03. The molecule has 270 valence electrons. The minimum atomic E-state index is 0.563. The molecule has 0 radical (unpaired) electrons. The third kappa shape index (κ3) is 4.93. The highest BCUT2D eigenvalue weighted by molar-refractivity contribution is 6.19. The van der Waals surface area contributed by atoms with E-state index in [0.29, 0.717) is 17.6 Å². The van der Waals surface area contributed by atoms with Crippen molar-refractivity contribution in [2.75, 3.05) is 4.90 Å². The first-order valence-corrected chi connectivity index (χ1v) is 19.6. The fraction of sp³-hybridized carbons (Fsp3) is 0. The summed E-state index contributed by atoms with van der Waals surface area (Å²) in [6.07, 6.45) is 0. The molecular weight excluding hydrogens is 707 g/mol. The van der Waals surface area contributed by atoms with Crippen molar-refractivity contribution in [3.8, 4) is 50.7 Å². The lowest BCUT2D eigenvalue weighted by Gasteiger charge is -2.33. The number of hydrogen-bond acceptors (Lipinski definition) is 4. The van der Waals surface area contributed by atoms with Crippen molar-refractivity contribution in [3.63, 3.8) is 0 Å². The Kier molecular flexibility index (Phi) is 7.16. The zero-order valence-corrected chi connectivity index (χ0v) is 31.3. The Hall–Kier alpha value is -7.89. The summed E-state index contributed by atoms with van der Waals surface area (Å²) < 4.78 is 2.34. The molecule has 5 heteroatoms. The molecule has 11 aromatic rings. The van der Waals surface area contributed by atoms with Crippen LogP contribution in [0.1, 0.15) is 0 Å². The van der Waals surface area contributed by atoms with Crippen molar-refractivity contribution in [3.05, 3.63) is 200 Å². The van der Waals surface area contributed by atoms with Crippen LogP contribution >= 0.6 is 0 Å². The summed E-state index contributed by atoms with van der Waals surface area (Å²) in [5.74, 6) is 1.78. The van der Waals surface area contributed by atoms with Gasteiger partial charge in [0.05, 0.1) is 22.4 Å². The summed E-state index contributed by atoms with van der Waals surface area (Å²) in [5.41, 5.74) is 11.9. The van der Waals surface area contributed by atoms with Crippen LogP contribution in [0.3, 0.4) is 0 Å². The second-order valence-electron chi connectivity index (χ2n) is 14.8. The zero-order chi connectivity index (χ0) is 38.2. The van der Waals surface area contributed by atoms with Gasteiger partial charge in [-0.25, -0.2) is 4.98 Å². The van der Waals surface area contributed by atoms with Crippen LogP contribution in [-0.4, -0.2) is 19.5 Å². The molecule has 0 unspecified atom stereocenters. The van der Waals surface area contributed by atoms with Gasteiger partial charge >= 0.3 is 0 Å². The van der Waals surface area contributed by atoms with Crippen LogP contribution in [0, 0.1) is 0 Å². The lowest BCUT2D eigenvalue weighted by Crippen LogP contribution is -2.19. The fourth-order valence-corrected chi connectivity index (χ4v) is 9.02. The topological polar surface area (TPSA) is 46.8 Å². The normalized spacial score (nSPS) is 12.1. The van der Waals surface area contributed by atoms with Crippen LogP contribution in [0.25, 0.3) is 94.1 Å². The van der Waals surface area contributed by atoms with Gasteiger partial charge in [-0.2, -0.15) is 9.97 Å². The van der Waals surface area contributed by atoms with E-state index in [4.69, 9.17) is 15.0 Å².